The van der Waals surface area contributed by atoms with Crippen LogP contribution in [0.1, 0.15) is 67.8 Å². The molecule has 12 heteroatoms. The van der Waals surface area contributed by atoms with E-state index in [1.54, 1.807) is 16.5 Å². The van der Waals surface area contributed by atoms with Crippen molar-refractivity contribution >= 4 is 40.0 Å². The van der Waals surface area contributed by atoms with Crippen molar-refractivity contribution in [3.8, 4) is 0 Å². The average molecular weight is 501 g/mol. The fraction of sp³-hybridized carbons (Fsp3) is 0.522. The Morgan fingerprint density at radius 3 is 2.86 bits per heavy atom. The number of thiazole rings is 1. The highest BCUT2D eigenvalue weighted by Crippen LogP contribution is 2.46. The summed E-state index contributed by atoms with van der Waals surface area (Å²) < 4.78 is 29.7. The maximum atomic E-state index is 14.8. The molecule has 0 spiro atoms. The van der Waals surface area contributed by atoms with E-state index in [4.69, 9.17) is 0 Å². The monoisotopic (exact) mass is 500 g/mol. The number of anilines is 4. The van der Waals surface area contributed by atoms with Crippen LogP contribution < -0.4 is 15.5 Å². The number of H-pyrrole nitrogens is 1. The Labute approximate surface area is 204 Å². The van der Waals surface area contributed by atoms with Crippen LogP contribution in [0.4, 0.5) is 31.5 Å². The number of rotatable bonds is 6. The molecule has 1 amide bonds. The van der Waals surface area contributed by atoms with E-state index in [0.29, 0.717) is 35.5 Å². The number of hydrogen-bond donors (Lipinski definition) is 3. The number of hydrogen-bond acceptors (Lipinski definition) is 8. The predicted molar refractivity (Wildman–Crippen MR) is 128 cm³/mol. The quantitative estimate of drug-likeness (QED) is 0.450. The van der Waals surface area contributed by atoms with Gasteiger partial charge in [-0.3, -0.25) is 9.89 Å². The minimum absolute atomic E-state index is 0.0583. The van der Waals surface area contributed by atoms with Crippen molar-refractivity contribution in [2.45, 2.75) is 69.2 Å². The van der Waals surface area contributed by atoms with Crippen molar-refractivity contribution in [2.75, 3.05) is 22.1 Å². The highest BCUT2D eigenvalue weighted by Gasteiger charge is 2.45. The van der Waals surface area contributed by atoms with Gasteiger partial charge < -0.3 is 15.5 Å². The predicted octanol–water partition coefficient (Wildman–Crippen LogP) is 4.70. The number of carbonyl (C=O) groups is 1. The summed E-state index contributed by atoms with van der Waals surface area (Å²) in [5.74, 6) is -1.99. The van der Waals surface area contributed by atoms with Crippen LogP contribution in [0.3, 0.4) is 0 Å². The molecule has 0 aromatic carbocycles. The molecule has 35 heavy (non-hydrogen) atoms. The van der Waals surface area contributed by atoms with E-state index in [0.717, 1.165) is 25.0 Å². The molecule has 1 saturated carbocycles. The second kappa shape index (κ2) is 8.81. The van der Waals surface area contributed by atoms with E-state index in [1.807, 2.05) is 6.07 Å². The third-order valence-corrected chi connectivity index (χ3v) is 7.82. The number of aryl methyl sites for hydroxylation is 1. The lowest BCUT2D eigenvalue weighted by atomic mass is 10.0. The molecule has 3 aromatic rings. The molecule has 4 heterocycles. The normalized spacial score (nSPS) is 21.4. The molecule has 0 bridgehead atoms. The number of amides is 1. The number of alkyl halides is 2. The molecule has 1 saturated heterocycles. The van der Waals surface area contributed by atoms with Crippen LogP contribution in [-0.2, 0) is 17.1 Å². The van der Waals surface area contributed by atoms with E-state index in [2.05, 4.69) is 35.8 Å². The van der Waals surface area contributed by atoms with Gasteiger partial charge in [0.05, 0.1) is 11.3 Å². The first-order chi connectivity index (χ1) is 17.0. The smallest absolute Gasteiger partial charge is 0.278 e. The van der Waals surface area contributed by atoms with Crippen molar-refractivity contribution in [1.82, 2.24) is 25.1 Å². The maximum absolute atomic E-state index is 14.8. The van der Waals surface area contributed by atoms with Crippen LogP contribution >= 0.6 is 11.3 Å². The van der Waals surface area contributed by atoms with Gasteiger partial charge in [0.1, 0.15) is 11.9 Å². The van der Waals surface area contributed by atoms with Gasteiger partial charge in [-0.05, 0) is 32.1 Å². The number of aromatic amines is 1. The third kappa shape index (κ3) is 4.24. The molecule has 3 aromatic heterocycles. The standard InChI is InChI=1S/C23H26F2N8OS/c24-23(25)8-7-14-18(23)19(28-17-12-15(31-32-17)13-4-1-2-5-13)29-21(27-14)33-10-3-6-16(33)20(34)30-22-26-9-11-35-22/h9,11-13,16H,1-8,10H2,(H,26,30,34)(H2,27,28,29,31,32)/t16-/m1/s1. The second-order valence-corrected chi connectivity index (χ2v) is 10.3. The molecule has 6 rings (SSSR count). The van der Waals surface area contributed by atoms with Gasteiger partial charge in [-0.25, -0.2) is 18.7 Å². The first-order valence-corrected chi connectivity index (χ1v) is 12.9. The summed E-state index contributed by atoms with van der Waals surface area (Å²) >= 11 is 1.34. The van der Waals surface area contributed by atoms with Gasteiger partial charge in [-0.2, -0.15) is 10.1 Å². The number of nitrogens with one attached hydrogen (secondary N) is 3. The number of fused-ring (bicyclic) bond motifs is 1. The largest absolute Gasteiger partial charge is 0.329 e. The van der Waals surface area contributed by atoms with Crippen molar-refractivity contribution in [1.29, 1.82) is 0 Å². The van der Waals surface area contributed by atoms with E-state index < -0.39 is 12.0 Å². The minimum atomic E-state index is -3.02. The van der Waals surface area contributed by atoms with Gasteiger partial charge in [0.25, 0.3) is 5.92 Å². The van der Waals surface area contributed by atoms with Crippen LogP contribution in [0.2, 0.25) is 0 Å². The fourth-order valence-corrected chi connectivity index (χ4v) is 5.93. The lowest BCUT2D eigenvalue weighted by Crippen LogP contribution is -2.40. The zero-order valence-electron chi connectivity index (χ0n) is 19.1. The Hall–Kier alpha value is -3.15. The van der Waals surface area contributed by atoms with E-state index in [1.165, 1.54) is 24.2 Å². The van der Waals surface area contributed by atoms with Crippen molar-refractivity contribution in [3.05, 3.63) is 34.6 Å². The summed E-state index contributed by atoms with van der Waals surface area (Å²) in [6.07, 6.45) is 7.46. The van der Waals surface area contributed by atoms with Gasteiger partial charge in [0.2, 0.25) is 11.9 Å². The fourth-order valence-electron chi connectivity index (χ4n) is 5.40. The number of nitrogens with zero attached hydrogens (tertiary/aromatic N) is 5. The van der Waals surface area contributed by atoms with Crippen molar-refractivity contribution in [2.24, 2.45) is 0 Å². The summed E-state index contributed by atoms with van der Waals surface area (Å²) in [5.41, 5.74) is 1.16. The molecular formula is C23H26F2N8OS. The Morgan fingerprint density at radius 1 is 1.20 bits per heavy atom. The Balaban J connectivity index is 1.30. The third-order valence-electron chi connectivity index (χ3n) is 7.13. The van der Waals surface area contributed by atoms with Gasteiger partial charge in [0.15, 0.2) is 10.9 Å². The number of carbonyl (C=O) groups excluding carboxylic acids is 1. The molecule has 0 unspecified atom stereocenters. The molecule has 1 aliphatic heterocycles. The minimum Gasteiger partial charge on any atom is -0.329 e. The Kier molecular flexibility index (Phi) is 5.62. The highest BCUT2D eigenvalue weighted by molar-refractivity contribution is 7.13. The van der Waals surface area contributed by atoms with E-state index in [9.17, 15) is 13.6 Å². The van der Waals surface area contributed by atoms with Gasteiger partial charge in [-0.15, -0.1) is 11.3 Å². The number of aromatic nitrogens is 5. The van der Waals surface area contributed by atoms with Crippen LogP contribution in [0.25, 0.3) is 0 Å². The molecule has 2 aliphatic carbocycles. The lowest BCUT2D eigenvalue weighted by molar-refractivity contribution is -0.117. The zero-order chi connectivity index (χ0) is 24.0. The molecule has 184 valence electrons. The lowest BCUT2D eigenvalue weighted by Gasteiger charge is -2.25. The molecule has 1 atom stereocenters. The molecule has 2 fully saturated rings. The molecule has 0 radical (unpaired) electrons. The van der Waals surface area contributed by atoms with Crippen LogP contribution in [-0.4, -0.2) is 43.6 Å². The second-order valence-electron chi connectivity index (χ2n) is 9.39. The van der Waals surface area contributed by atoms with Crippen molar-refractivity contribution in [3.63, 3.8) is 0 Å². The highest BCUT2D eigenvalue weighted by atomic mass is 32.1. The zero-order valence-corrected chi connectivity index (χ0v) is 19.9. The molecular weight excluding hydrogens is 474 g/mol. The van der Waals surface area contributed by atoms with E-state index >= 15 is 0 Å². The molecule has 9 nitrogen and oxygen atoms in total. The first-order valence-electron chi connectivity index (χ1n) is 12.1. The average Bonchev–Trinajstić information content (AvgIpc) is 3.63. The van der Waals surface area contributed by atoms with Crippen LogP contribution in [0.5, 0.6) is 0 Å². The maximum Gasteiger partial charge on any atom is 0.278 e. The number of halogens is 2. The van der Waals surface area contributed by atoms with Gasteiger partial charge >= 0.3 is 0 Å². The Morgan fingerprint density at radius 2 is 2.06 bits per heavy atom. The first kappa shape index (κ1) is 22.3. The van der Waals surface area contributed by atoms with Gasteiger partial charge in [-0.1, -0.05) is 12.8 Å². The SMILES string of the molecule is O=C(Nc1nccs1)[C@H]1CCCN1c1nc2c(c(Nc3cc(C4CCCC4)[nH]n3)n1)C(F)(F)CC2. The molecule has 3 N–H and O–H groups in total. The molecule has 3 aliphatic rings. The summed E-state index contributed by atoms with van der Waals surface area (Å²) in [6, 6.07) is 1.39. The summed E-state index contributed by atoms with van der Waals surface area (Å²) in [4.78, 5) is 27.9. The van der Waals surface area contributed by atoms with Crippen molar-refractivity contribution < 1.29 is 13.6 Å². The van der Waals surface area contributed by atoms with Crippen LogP contribution in [0, 0.1) is 0 Å². The van der Waals surface area contributed by atoms with E-state index in [-0.39, 0.29) is 36.1 Å². The summed E-state index contributed by atoms with van der Waals surface area (Å²) in [6.45, 7) is 0.568. The Bertz CT molecular complexity index is 1220. The topological polar surface area (TPSA) is 112 Å². The summed E-state index contributed by atoms with van der Waals surface area (Å²) in [7, 11) is 0. The summed E-state index contributed by atoms with van der Waals surface area (Å²) in [5, 5.41) is 15.6. The van der Waals surface area contributed by atoms with Gasteiger partial charge in [0, 0.05) is 42.2 Å². The van der Waals surface area contributed by atoms with Crippen LogP contribution in [0.15, 0.2) is 17.6 Å².